The maximum atomic E-state index is 11.9. The van der Waals surface area contributed by atoms with Gasteiger partial charge < -0.3 is 10.0 Å². The van der Waals surface area contributed by atoms with Gasteiger partial charge in [-0.1, -0.05) is 72.4 Å². The molecule has 2 unspecified atom stereocenters. The molecule has 0 saturated carbocycles. The Morgan fingerprint density at radius 3 is 2.50 bits per heavy atom. The van der Waals surface area contributed by atoms with E-state index in [4.69, 9.17) is 4.99 Å². The highest BCUT2D eigenvalue weighted by Crippen LogP contribution is 2.51. The molecule has 1 fully saturated rings. The van der Waals surface area contributed by atoms with Crippen LogP contribution in [0.3, 0.4) is 0 Å². The van der Waals surface area contributed by atoms with Crippen LogP contribution in [0.1, 0.15) is 42.1 Å². The molecule has 0 amide bonds. The number of nitrogens with zero attached hydrogens (tertiary/aromatic N) is 2. The second-order valence-corrected chi connectivity index (χ2v) is 8.22. The lowest BCUT2D eigenvalue weighted by molar-refractivity contribution is -0.0718. The molecule has 0 aliphatic carbocycles. The summed E-state index contributed by atoms with van der Waals surface area (Å²) in [4.78, 5) is 7.01. The molecule has 136 valence electrons. The second-order valence-electron chi connectivity index (χ2n) is 7.15. The van der Waals surface area contributed by atoms with E-state index in [0.717, 1.165) is 37.5 Å². The summed E-state index contributed by atoms with van der Waals surface area (Å²) in [5.41, 5.74) is 1.57. The second kappa shape index (κ2) is 7.85. The molecule has 0 radical (unpaired) electrons. The summed E-state index contributed by atoms with van der Waals surface area (Å²) in [6, 6.07) is 20.9. The van der Waals surface area contributed by atoms with Gasteiger partial charge in [0.05, 0.1) is 5.25 Å². The summed E-state index contributed by atoms with van der Waals surface area (Å²) >= 11 is 1.74. The first-order valence-electron chi connectivity index (χ1n) is 9.57. The smallest absolute Gasteiger partial charge is 0.162 e. The molecule has 4 heteroatoms. The Morgan fingerprint density at radius 1 is 1.00 bits per heavy atom. The SMILES string of the molecule is OC1(CCc2ccccc2)C(c2ccccc2)SC2=NCCCCCN21. The largest absolute Gasteiger partial charge is 0.369 e. The Labute approximate surface area is 160 Å². The summed E-state index contributed by atoms with van der Waals surface area (Å²) in [7, 11) is 0. The number of rotatable bonds is 4. The van der Waals surface area contributed by atoms with Gasteiger partial charge in [0.15, 0.2) is 10.9 Å². The lowest BCUT2D eigenvalue weighted by Crippen LogP contribution is -2.49. The van der Waals surface area contributed by atoms with Crippen molar-refractivity contribution in [3.8, 4) is 0 Å². The zero-order valence-corrected chi connectivity index (χ0v) is 15.9. The van der Waals surface area contributed by atoms with Crippen LogP contribution in [0.4, 0.5) is 0 Å². The Bertz CT molecular complexity index is 749. The monoisotopic (exact) mass is 366 g/mol. The van der Waals surface area contributed by atoms with E-state index in [1.807, 2.05) is 12.1 Å². The van der Waals surface area contributed by atoms with Gasteiger partial charge in [0, 0.05) is 19.5 Å². The fourth-order valence-corrected chi connectivity index (χ4v) is 5.40. The quantitative estimate of drug-likeness (QED) is 0.856. The molecule has 3 nitrogen and oxygen atoms in total. The molecular weight excluding hydrogens is 340 g/mol. The van der Waals surface area contributed by atoms with Crippen LogP contribution in [-0.4, -0.2) is 34.0 Å². The molecule has 2 aliphatic heterocycles. The molecule has 26 heavy (non-hydrogen) atoms. The molecule has 2 heterocycles. The highest BCUT2D eigenvalue weighted by atomic mass is 32.2. The first-order chi connectivity index (χ1) is 12.8. The Hall–Kier alpha value is -1.78. The number of hydrogen-bond donors (Lipinski definition) is 1. The minimum Gasteiger partial charge on any atom is -0.369 e. The Balaban J connectivity index is 1.66. The zero-order valence-electron chi connectivity index (χ0n) is 15.1. The molecule has 2 aromatic rings. The first kappa shape index (κ1) is 17.6. The molecule has 0 spiro atoms. The third kappa shape index (κ3) is 3.53. The van der Waals surface area contributed by atoms with Gasteiger partial charge in [0.2, 0.25) is 0 Å². The fraction of sp³-hybridized carbons (Fsp3) is 0.409. The Morgan fingerprint density at radius 2 is 1.73 bits per heavy atom. The van der Waals surface area contributed by atoms with Crippen LogP contribution < -0.4 is 0 Å². The molecule has 1 saturated heterocycles. The van der Waals surface area contributed by atoms with Crippen LogP contribution in [0.25, 0.3) is 0 Å². The minimum absolute atomic E-state index is 0.00395. The van der Waals surface area contributed by atoms with Crippen molar-refractivity contribution in [2.45, 2.75) is 43.1 Å². The highest BCUT2D eigenvalue weighted by molar-refractivity contribution is 8.14. The van der Waals surface area contributed by atoms with Crippen molar-refractivity contribution >= 4 is 16.9 Å². The average Bonchev–Trinajstić information content (AvgIpc) is 2.93. The fourth-order valence-electron chi connectivity index (χ4n) is 3.92. The van der Waals surface area contributed by atoms with Crippen molar-refractivity contribution in [3.63, 3.8) is 0 Å². The highest BCUT2D eigenvalue weighted by Gasteiger charge is 2.51. The van der Waals surface area contributed by atoms with E-state index in [-0.39, 0.29) is 5.25 Å². The van der Waals surface area contributed by atoms with E-state index in [9.17, 15) is 5.11 Å². The third-order valence-electron chi connectivity index (χ3n) is 5.36. The predicted octanol–water partition coefficient (Wildman–Crippen LogP) is 4.64. The van der Waals surface area contributed by atoms with Crippen LogP contribution in [0.2, 0.25) is 0 Å². The van der Waals surface area contributed by atoms with Gasteiger partial charge in [-0.2, -0.15) is 0 Å². The molecule has 0 aromatic heterocycles. The van der Waals surface area contributed by atoms with Gasteiger partial charge >= 0.3 is 0 Å². The summed E-state index contributed by atoms with van der Waals surface area (Å²) in [5, 5.41) is 12.9. The van der Waals surface area contributed by atoms with Crippen LogP contribution in [-0.2, 0) is 6.42 Å². The number of fused-ring (bicyclic) bond motifs is 1. The van der Waals surface area contributed by atoms with Crippen LogP contribution in [0.5, 0.6) is 0 Å². The number of thioether (sulfide) groups is 1. The topological polar surface area (TPSA) is 35.8 Å². The van der Waals surface area contributed by atoms with Crippen molar-refractivity contribution < 1.29 is 5.11 Å². The van der Waals surface area contributed by atoms with Crippen molar-refractivity contribution in [3.05, 3.63) is 71.8 Å². The normalized spacial score (nSPS) is 26.0. The standard InChI is InChI=1S/C22H26N2OS/c25-22(15-14-18-10-4-1-5-11-18)20(19-12-6-2-7-13-19)26-21-23-16-8-3-9-17-24(21)22/h1-2,4-7,10-13,20,25H,3,8-9,14-17H2. The van der Waals surface area contributed by atoms with E-state index >= 15 is 0 Å². The number of aliphatic imine (C=N–C) groups is 1. The van der Waals surface area contributed by atoms with Gasteiger partial charge in [-0.25, -0.2) is 0 Å². The van der Waals surface area contributed by atoms with E-state index in [2.05, 4.69) is 53.4 Å². The summed E-state index contributed by atoms with van der Waals surface area (Å²) < 4.78 is 0. The van der Waals surface area contributed by atoms with Gasteiger partial charge in [0.1, 0.15) is 0 Å². The Kier molecular flexibility index (Phi) is 5.32. The van der Waals surface area contributed by atoms with Crippen LogP contribution in [0.15, 0.2) is 65.7 Å². The first-order valence-corrected chi connectivity index (χ1v) is 10.5. The van der Waals surface area contributed by atoms with Gasteiger partial charge in [0.25, 0.3) is 0 Å². The van der Waals surface area contributed by atoms with Crippen molar-refractivity contribution in [1.82, 2.24) is 4.90 Å². The molecule has 2 atom stereocenters. The van der Waals surface area contributed by atoms with E-state index in [0.29, 0.717) is 6.42 Å². The number of amidine groups is 1. The molecule has 2 aromatic carbocycles. The summed E-state index contributed by atoms with van der Waals surface area (Å²) in [6.45, 7) is 1.76. The molecule has 4 rings (SSSR count). The minimum atomic E-state index is -0.891. The number of benzene rings is 2. The van der Waals surface area contributed by atoms with Crippen molar-refractivity contribution in [1.29, 1.82) is 0 Å². The van der Waals surface area contributed by atoms with Crippen molar-refractivity contribution in [2.75, 3.05) is 13.1 Å². The molecule has 2 aliphatic rings. The van der Waals surface area contributed by atoms with Crippen molar-refractivity contribution in [2.24, 2.45) is 4.99 Å². The van der Waals surface area contributed by atoms with Gasteiger partial charge in [-0.3, -0.25) is 4.99 Å². The average molecular weight is 367 g/mol. The predicted molar refractivity (Wildman–Crippen MR) is 109 cm³/mol. The summed E-state index contributed by atoms with van der Waals surface area (Å²) in [5.74, 6) is 0. The molecular formula is C22H26N2OS. The van der Waals surface area contributed by atoms with E-state index in [1.165, 1.54) is 17.5 Å². The lowest BCUT2D eigenvalue weighted by Gasteiger charge is -2.38. The van der Waals surface area contributed by atoms with Crippen LogP contribution in [0, 0.1) is 0 Å². The van der Waals surface area contributed by atoms with Gasteiger partial charge in [-0.15, -0.1) is 0 Å². The number of hydrogen-bond acceptors (Lipinski definition) is 4. The van der Waals surface area contributed by atoms with E-state index in [1.54, 1.807) is 11.8 Å². The molecule has 1 N–H and O–H groups in total. The lowest BCUT2D eigenvalue weighted by atomic mass is 9.93. The number of aryl methyl sites for hydroxylation is 1. The summed E-state index contributed by atoms with van der Waals surface area (Å²) in [6.07, 6.45) is 5.03. The number of aliphatic hydroxyl groups is 1. The zero-order chi connectivity index (χ0) is 17.8. The third-order valence-corrected chi connectivity index (χ3v) is 6.80. The maximum Gasteiger partial charge on any atom is 0.162 e. The van der Waals surface area contributed by atoms with Crippen LogP contribution >= 0.6 is 11.8 Å². The van der Waals surface area contributed by atoms with E-state index < -0.39 is 5.72 Å². The molecule has 0 bridgehead atoms. The maximum absolute atomic E-state index is 11.9. The van der Waals surface area contributed by atoms with Gasteiger partial charge in [-0.05, 0) is 36.8 Å².